The third-order valence-electron chi connectivity index (χ3n) is 5.42. The lowest BCUT2D eigenvalue weighted by Gasteiger charge is -2.32. The minimum absolute atomic E-state index is 0.330. The summed E-state index contributed by atoms with van der Waals surface area (Å²) >= 11 is 0. The summed E-state index contributed by atoms with van der Waals surface area (Å²) in [5.41, 5.74) is 1.84. The van der Waals surface area contributed by atoms with Crippen molar-refractivity contribution < 1.29 is 13.7 Å². The quantitative estimate of drug-likeness (QED) is 0.663. The van der Waals surface area contributed by atoms with Gasteiger partial charge in [0.25, 0.3) is 5.95 Å². The lowest BCUT2D eigenvalue weighted by Crippen LogP contribution is -2.41. The van der Waals surface area contributed by atoms with Crippen molar-refractivity contribution in [1.29, 1.82) is 0 Å². The highest BCUT2D eigenvalue weighted by Gasteiger charge is 2.52. The predicted molar refractivity (Wildman–Crippen MR) is 97.5 cm³/mol. The van der Waals surface area contributed by atoms with Crippen LogP contribution in [-0.2, 0) is 9.31 Å². The molecule has 0 N–H and O–H groups in total. The van der Waals surface area contributed by atoms with Gasteiger partial charge >= 0.3 is 7.12 Å². The van der Waals surface area contributed by atoms with Gasteiger partial charge in [0, 0.05) is 16.9 Å². The van der Waals surface area contributed by atoms with Gasteiger partial charge in [0.2, 0.25) is 0 Å². The number of hydrogen-bond acceptors (Lipinski definition) is 4. The average molecular weight is 356 g/mol. The SMILES string of the molecule is Cc1ccc(C)n1-c1nc2cc(B3OC(C)(C)C(C)(C)O3)c(F)cn2n1. The van der Waals surface area contributed by atoms with Crippen LogP contribution in [-0.4, -0.2) is 37.5 Å². The Balaban J connectivity index is 1.78. The molecule has 1 aliphatic heterocycles. The third kappa shape index (κ3) is 2.47. The Morgan fingerprint density at radius 3 is 2.19 bits per heavy atom. The van der Waals surface area contributed by atoms with E-state index in [4.69, 9.17) is 9.31 Å². The van der Waals surface area contributed by atoms with Crippen LogP contribution in [0.2, 0.25) is 0 Å². The molecule has 0 aromatic carbocycles. The van der Waals surface area contributed by atoms with Crippen LogP contribution in [0.3, 0.4) is 0 Å². The van der Waals surface area contributed by atoms with Gasteiger partial charge in [-0.15, -0.1) is 5.10 Å². The molecule has 0 amide bonds. The van der Waals surface area contributed by atoms with Crippen LogP contribution in [0.15, 0.2) is 24.4 Å². The highest BCUT2D eigenvalue weighted by atomic mass is 19.1. The number of aryl methyl sites for hydroxylation is 2. The van der Waals surface area contributed by atoms with E-state index in [1.54, 1.807) is 6.07 Å². The van der Waals surface area contributed by atoms with Crippen LogP contribution < -0.4 is 5.46 Å². The van der Waals surface area contributed by atoms with Crippen molar-refractivity contribution in [2.75, 3.05) is 0 Å². The monoisotopic (exact) mass is 356 g/mol. The first kappa shape index (κ1) is 17.2. The lowest BCUT2D eigenvalue weighted by atomic mass is 9.79. The smallest absolute Gasteiger partial charge is 0.399 e. The Bertz CT molecular complexity index is 973. The van der Waals surface area contributed by atoms with E-state index in [0.717, 1.165) is 11.4 Å². The highest BCUT2D eigenvalue weighted by molar-refractivity contribution is 6.62. The number of pyridine rings is 1. The molecule has 6 nitrogen and oxygen atoms in total. The number of halogens is 1. The third-order valence-corrected chi connectivity index (χ3v) is 5.42. The molecule has 0 saturated carbocycles. The van der Waals surface area contributed by atoms with Gasteiger partial charge in [0.15, 0.2) is 5.65 Å². The molecule has 26 heavy (non-hydrogen) atoms. The average Bonchev–Trinajstić information content (AvgIpc) is 3.13. The first-order valence-electron chi connectivity index (χ1n) is 8.66. The van der Waals surface area contributed by atoms with Crippen LogP contribution in [0.4, 0.5) is 4.39 Å². The summed E-state index contributed by atoms with van der Waals surface area (Å²) in [5, 5.41) is 4.41. The molecule has 0 atom stereocenters. The molecule has 136 valence electrons. The van der Waals surface area contributed by atoms with Gasteiger partial charge in [-0.1, -0.05) is 0 Å². The zero-order chi connectivity index (χ0) is 18.9. The molecule has 0 radical (unpaired) electrons. The van der Waals surface area contributed by atoms with E-state index in [2.05, 4.69) is 10.1 Å². The van der Waals surface area contributed by atoms with Crippen molar-refractivity contribution in [2.45, 2.75) is 52.7 Å². The Morgan fingerprint density at radius 1 is 1.04 bits per heavy atom. The molecule has 4 rings (SSSR count). The van der Waals surface area contributed by atoms with Gasteiger partial charge in [-0.2, -0.15) is 4.98 Å². The van der Waals surface area contributed by atoms with Gasteiger partial charge in [0.05, 0.1) is 17.4 Å². The van der Waals surface area contributed by atoms with Crippen molar-refractivity contribution in [3.05, 3.63) is 41.6 Å². The normalized spacial score (nSPS) is 18.8. The van der Waals surface area contributed by atoms with Crippen molar-refractivity contribution in [2.24, 2.45) is 0 Å². The summed E-state index contributed by atoms with van der Waals surface area (Å²) < 4.78 is 30.0. The van der Waals surface area contributed by atoms with Crippen molar-refractivity contribution in [1.82, 2.24) is 19.2 Å². The summed E-state index contributed by atoms with van der Waals surface area (Å²) in [5.74, 6) is 0.0730. The molecular weight excluding hydrogens is 334 g/mol. The van der Waals surface area contributed by atoms with E-state index in [1.165, 1.54) is 10.7 Å². The van der Waals surface area contributed by atoms with Gasteiger partial charge in [0.1, 0.15) is 5.82 Å². The predicted octanol–water partition coefficient (Wildman–Crippen LogP) is 2.58. The summed E-state index contributed by atoms with van der Waals surface area (Å²) in [6.07, 6.45) is 1.32. The summed E-state index contributed by atoms with van der Waals surface area (Å²) in [7, 11) is -0.778. The molecule has 0 aliphatic carbocycles. The number of rotatable bonds is 2. The summed E-state index contributed by atoms with van der Waals surface area (Å²) in [6.45, 7) is 11.7. The van der Waals surface area contributed by atoms with Crippen LogP contribution in [0.5, 0.6) is 0 Å². The molecule has 3 aromatic rings. The first-order chi connectivity index (χ1) is 12.1. The molecule has 4 heterocycles. The Labute approximate surface area is 152 Å². The fourth-order valence-corrected chi connectivity index (χ4v) is 3.14. The second kappa shape index (κ2) is 5.41. The van der Waals surface area contributed by atoms with Crippen molar-refractivity contribution in [3.8, 4) is 5.95 Å². The molecule has 3 aromatic heterocycles. The van der Waals surface area contributed by atoms with Crippen LogP contribution in [0.25, 0.3) is 11.6 Å². The fraction of sp³-hybridized carbons (Fsp3) is 0.444. The van der Waals surface area contributed by atoms with Gasteiger partial charge in [-0.05, 0) is 59.7 Å². The zero-order valence-electron chi connectivity index (χ0n) is 15.9. The van der Waals surface area contributed by atoms with E-state index in [0.29, 0.717) is 17.1 Å². The van der Waals surface area contributed by atoms with Gasteiger partial charge in [-0.25, -0.2) is 8.91 Å². The highest BCUT2D eigenvalue weighted by Crippen LogP contribution is 2.36. The number of nitrogens with zero attached hydrogens (tertiary/aromatic N) is 4. The standard InChI is InChI=1S/C18H22BFN4O2/c1-11-7-8-12(2)24(11)16-21-15-9-13(14(20)10-23(15)22-16)19-25-17(3,4)18(5,6)26-19/h7-10H,1-6H3. The number of aromatic nitrogens is 4. The van der Waals surface area contributed by atoms with Crippen molar-refractivity contribution in [3.63, 3.8) is 0 Å². The second-order valence-electron chi connectivity index (χ2n) is 7.83. The molecular formula is C18H22BFN4O2. The van der Waals surface area contributed by atoms with Gasteiger partial charge in [-0.3, -0.25) is 4.57 Å². The topological polar surface area (TPSA) is 53.6 Å². The Kier molecular flexibility index (Phi) is 3.58. The largest absolute Gasteiger partial charge is 0.498 e. The van der Waals surface area contributed by atoms with E-state index in [1.807, 2.05) is 58.2 Å². The van der Waals surface area contributed by atoms with Crippen LogP contribution in [0.1, 0.15) is 39.1 Å². The first-order valence-corrected chi connectivity index (χ1v) is 8.66. The van der Waals surface area contributed by atoms with E-state index in [-0.39, 0.29) is 0 Å². The molecule has 0 bridgehead atoms. The fourth-order valence-electron chi connectivity index (χ4n) is 3.14. The summed E-state index contributed by atoms with van der Waals surface area (Å²) in [4.78, 5) is 4.56. The molecule has 0 unspecified atom stereocenters. The molecule has 1 fully saturated rings. The van der Waals surface area contributed by atoms with E-state index in [9.17, 15) is 4.39 Å². The minimum atomic E-state index is -0.778. The molecule has 1 aliphatic rings. The molecule has 0 spiro atoms. The maximum atomic E-state index is 14.7. The molecule has 1 saturated heterocycles. The molecule has 8 heteroatoms. The second-order valence-corrected chi connectivity index (χ2v) is 7.83. The maximum Gasteiger partial charge on any atom is 0.498 e. The van der Waals surface area contributed by atoms with E-state index < -0.39 is 24.1 Å². The Hall–Kier alpha value is -2.19. The lowest BCUT2D eigenvalue weighted by molar-refractivity contribution is 0.00578. The van der Waals surface area contributed by atoms with Crippen LogP contribution >= 0.6 is 0 Å². The van der Waals surface area contributed by atoms with Crippen molar-refractivity contribution >= 4 is 18.2 Å². The minimum Gasteiger partial charge on any atom is -0.399 e. The summed E-state index contributed by atoms with van der Waals surface area (Å²) in [6, 6.07) is 5.64. The Morgan fingerprint density at radius 2 is 1.62 bits per heavy atom. The van der Waals surface area contributed by atoms with Crippen LogP contribution in [0, 0.1) is 19.7 Å². The zero-order valence-corrected chi connectivity index (χ0v) is 15.9. The number of fused-ring (bicyclic) bond motifs is 1. The van der Waals surface area contributed by atoms with Gasteiger partial charge < -0.3 is 9.31 Å². The maximum absolute atomic E-state index is 14.7. The van der Waals surface area contributed by atoms with E-state index >= 15 is 0 Å². The number of hydrogen-bond donors (Lipinski definition) is 0.